The van der Waals surface area contributed by atoms with E-state index in [9.17, 15) is 4.79 Å². The molecular formula is C15H17ClN4O. The van der Waals surface area contributed by atoms with Gasteiger partial charge in [-0.3, -0.25) is 4.79 Å². The molecule has 1 heterocycles. The molecule has 0 aliphatic carbocycles. The Morgan fingerprint density at radius 1 is 1.29 bits per heavy atom. The van der Waals surface area contributed by atoms with Gasteiger partial charge < -0.3 is 10.6 Å². The number of hydrogen-bond donors (Lipinski definition) is 2. The predicted octanol–water partition coefficient (Wildman–Crippen LogP) is 3.51. The van der Waals surface area contributed by atoms with Crippen LogP contribution in [0.4, 0.5) is 11.6 Å². The Hall–Kier alpha value is -2.14. The molecule has 0 atom stereocenters. The first-order valence-electron chi connectivity index (χ1n) is 6.75. The second-order valence-electron chi connectivity index (χ2n) is 4.61. The average molecular weight is 305 g/mol. The standard InChI is InChI=1S/C15H17ClN4O/c1-3-7-17-15-18-10(2)8-13(20-15)14(21)19-12-6-4-5-11(16)9-12/h4-6,8-9H,3,7H2,1-2H3,(H,19,21)(H,17,18,20). The molecule has 0 aliphatic heterocycles. The lowest BCUT2D eigenvalue weighted by molar-refractivity contribution is 0.102. The molecule has 0 bridgehead atoms. The molecule has 0 radical (unpaired) electrons. The minimum absolute atomic E-state index is 0.290. The maximum absolute atomic E-state index is 12.2. The van der Waals surface area contributed by atoms with Gasteiger partial charge in [-0.2, -0.15) is 0 Å². The highest BCUT2D eigenvalue weighted by atomic mass is 35.5. The molecule has 21 heavy (non-hydrogen) atoms. The largest absolute Gasteiger partial charge is 0.354 e. The Morgan fingerprint density at radius 3 is 2.81 bits per heavy atom. The second kappa shape index (κ2) is 7.04. The van der Waals surface area contributed by atoms with Gasteiger partial charge in [-0.15, -0.1) is 0 Å². The summed E-state index contributed by atoms with van der Waals surface area (Å²) in [6, 6.07) is 8.63. The molecule has 1 aromatic heterocycles. The van der Waals surface area contributed by atoms with Crippen LogP contribution in [0.3, 0.4) is 0 Å². The van der Waals surface area contributed by atoms with Gasteiger partial charge in [0.1, 0.15) is 5.69 Å². The second-order valence-corrected chi connectivity index (χ2v) is 5.05. The van der Waals surface area contributed by atoms with Crippen LogP contribution in [0.2, 0.25) is 5.02 Å². The number of aryl methyl sites for hydroxylation is 1. The van der Waals surface area contributed by atoms with Crippen LogP contribution < -0.4 is 10.6 Å². The van der Waals surface area contributed by atoms with Crippen LogP contribution in [0.25, 0.3) is 0 Å². The third kappa shape index (κ3) is 4.43. The third-order valence-electron chi connectivity index (χ3n) is 2.70. The SMILES string of the molecule is CCCNc1nc(C)cc(C(=O)Nc2cccc(Cl)c2)n1. The van der Waals surface area contributed by atoms with Crippen molar-refractivity contribution in [1.29, 1.82) is 0 Å². The fourth-order valence-corrected chi connectivity index (χ4v) is 1.95. The molecule has 1 amide bonds. The lowest BCUT2D eigenvalue weighted by Gasteiger charge is -2.08. The fraction of sp³-hybridized carbons (Fsp3) is 0.267. The van der Waals surface area contributed by atoms with E-state index in [4.69, 9.17) is 11.6 Å². The van der Waals surface area contributed by atoms with Gasteiger partial charge >= 0.3 is 0 Å². The van der Waals surface area contributed by atoms with Gasteiger partial charge in [-0.05, 0) is 37.6 Å². The van der Waals surface area contributed by atoms with Gasteiger partial charge in [-0.1, -0.05) is 24.6 Å². The highest BCUT2D eigenvalue weighted by Gasteiger charge is 2.11. The zero-order valence-electron chi connectivity index (χ0n) is 12.0. The summed E-state index contributed by atoms with van der Waals surface area (Å²) in [5.74, 6) is 0.176. The smallest absolute Gasteiger partial charge is 0.274 e. The molecule has 2 rings (SSSR count). The first kappa shape index (κ1) is 15.3. The van der Waals surface area contributed by atoms with Crippen LogP contribution in [0.1, 0.15) is 29.5 Å². The van der Waals surface area contributed by atoms with E-state index in [1.165, 1.54) is 0 Å². The number of nitrogens with one attached hydrogen (secondary N) is 2. The Bertz CT molecular complexity index is 645. The average Bonchev–Trinajstić information content (AvgIpc) is 2.44. The van der Waals surface area contributed by atoms with Crippen molar-refractivity contribution < 1.29 is 4.79 Å². The van der Waals surface area contributed by atoms with Crippen LogP contribution in [0.5, 0.6) is 0 Å². The molecule has 0 saturated carbocycles. The number of nitrogens with zero attached hydrogens (tertiary/aromatic N) is 2. The van der Waals surface area contributed by atoms with Crippen LogP contribution in [0.15, 0.2) is 30.3 Å². The summed E-state index contributed by atoms with van der Waals surface area (Å²) in [5.41, 5.74) is 1.69. The molecule has 0 saturated heterocycles. The zero-order valence-corrected chi connectivity index (χ0v) is 12.7. The number of rotatable bonds is 5. The number of amides is 1. The quantitative estimate of drug-likeness (QED) is 0.887. The van der Waals surface area contributed by atoms with E-state index in [-0.39, 0.29) is 5.91 Å². The van der Waals surface area contributed by atoms with Gasteiger partial charge in [0.2, 0.25) is 5.95 Å². The molecule has 0 aliphatic rings. The van der Waals surface area contributed by atoms with E-state index < -0.39 is 0 Å². The minimum Gasteiger partial charge on any atom is -0.354 e. The van der Waals surface area contributed by atoms with Crippen LogP contribution in [-0.2, 0) is 0 Å². The number of carbonyl (C=O) groups is 1. The summed E-state index contributed by atoms with van der Waals surface area (Å²) in [4.78, 5) is 20.7. The molecule has 110 valence electrons. The topological polar surface area (TPSA) is 66.9 Å². The lowest BCUT2D eigenvalue weighted by Crippen LogP contribution is -2.16. The highest BCUT2D eigenvalue weighted by molar-refractivity contribution is 6.30. The summed E-state index contributed by atoms with van der Waals surface area (Å²) in [6.07, 6.45) is 0.960. The van der Waals surface area contributed by atoms with E-state index >= 15 is 0 Å². The molecule has 1 aromatic carbocycles. The number of benzene rings is 1. The van der Waals surface area contributed by atoms with E-state index in [2.05, 4.69) is 27.5 Å². The van der Waals surface area contributed by atoms with Gasteiger partial charge in [-0.25, -0.2) is 9.97 Å². The molecule has 0 spiro atoms. The van der Waals surface area contributed by atoms with Gasteiger partial charge in [0.15, 0.2) is 0 Å². The number of halogens is 1. The van der Waals surface area contributed by atoms with Crippen molar-refractivity contribution in [3.63, 3.8) is 0 Å². The van der Waals surface area contributed by atoms with Crippen molar-refractivity contribution in [3.8, 4) is 0 Å². The van der Waals surface area contributed by atoms with Crippen molar-refractivity contribution in [2.24, 2.45) is 0 Å². The van der Waals surface area contributed by atoms with Gasteiger partial charge in [0.05, 0.1) is 0 Å². The third-order valence-corrected chi connectivity index (χ3v) is 2.94. The summed E-state index contributed by atoms with van der Waals surface area (Å²) in [6.45, 7) is 4.64. The summed E-state index contributed by atoms with van der Waals surface area (Å²) >= 11 is 5.90. The number of anilines is 2. The van der Waals surface area contributed by atoms with Crippen molar-refractivity contribution >= 4 is 29.1 Å². The Morgan fingerprint density at radius 2 is 2.10 bits per heavy atom. The predicted molar refractivity (Wildman–Crippen MR) is 85.0 cm³/mol. The maximum atomic E-state index is 12.2. The van der Waals surface area contributed by atoms with Crippen molar-refractivity contribution in [2.75, 3.05) is 17.2 Å². The van der Waals surface area contributed by atoms with Crippen LogP contribution >= 0.6 is 11.6 Å². The first-order valence-corrected chi connectivity index (χ1v) is 7.12. The zero-order chi connectivity index (χ0) is 15.2. The Kier molecular flexibility index (Phi) is 5.11. The van der Waals surface area contributed by atoms with E-state index in [1.807, 2.05) is 6.92 Å². The molecular weight excluding hydrogens is 288 g/mol. The summed E-state index contributed by atoms with van der Waals surface area (Å²) in [5, 5.41) is 6.41. The van der Waals surface area contributed by atoms with Gasteiger partial charge in [0.25, 0.3) is 5.91 Å². The van der Waals surface area contributed by atoms with Crippen molar-refractivity contribution in [2.45, 2.75) is 20.3 Å². The molecule has 0 fully saturated rings. The van der Waals surface area contributed by atoms with Crippen molar-refractivity contribution in [1.82, 2.24) is 9.97 Å². The number of carbonyl (C=O) groups excluding carboxylic acids is 1. The molecule has 0 unspecified atom stereocenters. The monoisotopic (exact) mass is 304 g/mol. The molecule has 6 heteroatoms. The minimum atomic E-state index is -0.290. The first-order chi connectivity index (χ1) is 10.1. The van der Waals surface area contributed by atoms with Crippen LogP contribution in [-0.4, -0.2) is 22.4 Å². The van der Waals surface area contributed by atoms with E-state index in [0.29, 0.717) is 22.4 Å². The van der Waals surface area contributed by atoms with Gasteiger partial charge in [0, 0.05) is 22.9 Å². The Balaban J connectivity index is 2.16. The Labute approximate surface area is 128 Å². The van der Waals surface area contributed by atoms with Crippen molar-refractivity contribution in [3.05, 3.63) is 46.7 Å². The number of aromatic nitrogens is 2. The molecule has 2 aromatic rings. The summed E-state index contributed by atoms with van der Waals surface area (Å²) in [7, 11) is 0. The number of hydrogen-bond acceptors (Lipinski definition) is 4. The molecule has 5 nitrogen and oxygen atoms in total. The van der Waals surface area contributed by atoms with E-state index in [0.717, 1.165) is 18.7 Å². The maximum Gasteiger partial charge on any atom is 0.274 e. The fourth-order valence-electron chi connectivity index (χ4n) is 1.76. The highest BCUT2D eigenvalue weighted by Crippen LogP contribution is 2.16. The van der Waals surface area contributed by atoms with Crippen LogP contribution in [0, 0.1) is 6.92 Å². The lowest BCUT2D eigenvalue weighted by atomic mass is 10.3. The normalized spacial score (nSPS) is 10.2. The van der Waals surface area contributed by atoms with E-state index in [1.54, 1.807) is 30.3 Å². The summed E-state index contributed by atoms with van der Waals surface area (Å²) < 4.78 is 0. The molecule has 2 N–H and O–H groups in total.